The van der Waals surface area contributed by atoms with Crippen LogP contribution in [0.2, 0.25) is 0 Å². The summed E-state index contributed by atoms with van der Waals surface area (Å²) in [6.45, 7) is 5.82. The SMILES string of the molecule is CCc1ccc(NC(N)=NCc2cccc(N3CCOCC3)n2)cc1.I. The van der Waals surface area contributed by atoms with Crippen LogP contribution in [0.1, 0.15) is 18.2 Å². The quantitative estimate of drug-likeness (QED) is 0.402. The van der Waals surface area contributed by atoms with Gasteiger partial charge in [0, 0.05) is 18.8 Å². The van der Waals surface area contributed by atoms with Gasteiger partial charge in [-0.05, 0) is 36.2 Å². The van der Waals surface area contributed by atoms with Gasteiger partial charge in [0.2, 0.25) is 0 Å². The van der Waals surface area contributed by atoms with Crippen molar-refractivity contribution >= 4 is 41.4 Å². The predicted molar refractivity (Wildman–Crippen MR) is 117 cm³/mol. The lowest BCUT2D eigenvalue weighted by Crippen LogP contribution is -2.36. The van der Waals surface area contributed by atoms with Gasteiger partial charge in [0.15, 0.2) is 5.96 Å². The van der Waals surface area contributed by atoms with Crippen LogP contribution >= 0.6 is 24.0 Å². The molecule has 26 heavy (non-hydrogen) atoms. The topological polar surface area (TPSA) is 75.8 Å². The molecule has 0 amide bonds. The summed E-state index contributed by atoms with van der Waals surface area (Å²) in [7, 11) is 0. The second kappa shape index (κ2) is 10.3. The van der Waals surface area contributed by atoms with Crippen LogP contribution in [0.4, 0.5) is 11.5 Å². The highest BCUT2D eigenvalue weighted by molar-refractivity contribution is 14.0. The molecular formula is C19H26IN5O. The van der Waals surface area contributed by atoms with Crippen molar-refractivity contribution in [1.82, 2.24) is 4.98 Å². The summed E-state index contributed by atoms with van der Waals surface area (Å²) >= 11 is 0. The number of morpholine rings is 1. The van der Waals surface area contributed by atoms with Crippen LogP contribution in [-0.2, 0) is 17.7 Å². The minimum atomic E-state index is 0. The molecule has 0 saturated carbocycles. The molecule has 1 aromatic heterocycles. The maximum absolute atomic E-state index is 5.99. The lowest BCUT2D eigenvalue weighted by molar-refractivity contribution is 0.122. The number of hydrogen-bond acceptors (Lipinski definition) is 4. The first-order chi connectivity index (χ1) is 12.2. The monoisotopic (exact) mass is 467 g/mol. The third kappa shape index (κ3) is 5.84. The van der Waals surface area contributed by atoms with Gasteiger partial charge >= 0.3 is 0 Å². The Labute approximate surface area is 171 Å². The third-order valence-electron chi connectivity index (χ3n) is 4.17. The van der Waals surface area contributed by atoms with Crippen molar-refractivity contribution in [3.05, 3.63) is 53.7 Å². The normalized spacial score (nSPS) is 14.7. The van der Waals surface area contributed by atoms with Crippen molar-refractivity contribution < 1.29 is 4.74 Å². The Morgan fingerprint density at radius 3 is 2.62 bits per heavy atom. The maximum Gasteiger partial charge on any atom is 0.193 e. The number of pyridine rings is 1. The Morgan fingerprint density at radius 2 is 1.92 bits per heavy atom. The Bertz CT molecular complexity index is 714. The minimum absolute atomic E-state index is 0. The predicted octanol–water partition coefficient (Wildman–Crippen LogP) is 3.03. The van der Waals surface area contributed by atoms with E-state index in [1.165, 1.54) is 5.56 Å². The lowest BCUT2D eigenvalue weighted by Gasteiger charge is -2.27. The summed E-state index contributed by atoms with van der Waals surface area (Å²) in [5.41, 5.74) is 9.12. The molecule has 140 valence electrons. The van der Waals surface area contributed by atoms with Crippen LogP contribution in [-0.4, -0.2) is 37.2 Å². The van der Waals surface area contributed by atoms with Crippen LogP contribution in [0, 0.1) is 0 Å². The number of guanidine groups is 1. The van der Waals surface area contributed by atoms with Crippen LogP contribution in [0.3, 0.4) is 0 Å². The zero-order valence-electron chi connectivity index (χ0n) is 15.0. The third-order valence-corrected chi connectivity index (χ3v) is 4.17. The van der Waals surface area contributed by atoms with Gasteiger partial charge in [-0.25, -0.2) is 9.98 Å². The maximum atomic E-state index is 5.99. The van der Waals surface area contributed by atoms with Gasteiger partial charge in [-0.2, -0.15) is 0 Å². The van der Waals surface area contributed by atoms with E-state index in [9.17, 15) is 0 Å². The molecule has 2 heterocycles. The van der Waals surface area contributed by atoms with Crippen molar-refractivity contribution in [3.63, 3.8) is 0 Å². The van der Waals surface area contributed by atoms with Gasteiger partial charge in [0.05, 0.1) is 25.5 Å². The number of halogens is 1. The fraction of sp³-hybridized carbons (Fsp3) is 0.368. The van der Waals surface area contributed by atoms with E-state index >= 15 is 0 Å². The first kappa shape index (κ1) is 20.4. The molecule has 0 bridgehead atoms. The van der Waals surface area contributed by atoms with Crippen molar-refractivity contribution in [2.75, 3.05) is 36.5 Å². The number of anilines is 2. The van der Waals surface area contributed by atoms with E-state index in [0.717, 1.165) is 49.9 Å². The second-order valence-electron chi connectivity index (χ2n) is 5.96. The molecule has 0 radical (unpaired) electrons. The Balaban J connectivity index is 0.00000243. The zero-order chi connectivity index (χ0) is 17.5. The molecule has 6 nitrogen and oxygen atoms in total. The molecule has 0 spiro atoms. The molecule has 2 aromatic rings. The van der Waals surface area contributed by atoms with E-state index in [-0.39, 0.29) is 24.0 Å². The lowest BCUT2D eigenvalue weighted by atomic mass is 10.1. The van der Waals surface area contributed by atoms with E-state index in [2.05, 4.69) is 39.2 Å². The minimum Gasteiger partial charge on any atom is -0.378 e. The van der Waals surface area contributed by atoms with Crippen LogP contribution in [0.5, 0.6) is 0 Å². The number of aryl methyl sites for hydroxylation is 1. The van der Waals surface area contributed by atoms with E-state index in [4.69, 9.17) is 10.5 Å². The number of hydrogen-bond donors (Lipinski definition) is 2. The molecule has 1 aromatic carbocycles. The van der Waals surface area contributed by atoms with Crippen LogP contribution in [0.15, 0.2) is 47.5 Å². The molecule has 0 unspecified atom stereocenters. The molecule has 3 N–H and O–H groups in total. The summed E-state index contributed by atoms with van der Waals surface area (Å²) in [5, 5.41) is 3.11. The van der Waals surface area contributed by atoms with Gasteiger partial charge in [-0.3, -0.25) is 0 Å². The summed E-state index contributed by atoms with van der Waals surface area (Å²) in [6, 6.07) is 14.2. The Morgan fingerprint density at radius 1 is 1.19 bits per heavy atom. The molecule has 0 atom stereocenters. The van der Waals surface area contributed by atoms with E-state index in [1.807, 2.05) is 30.3 Å². The van der Waals surface area contributed by atoms with Gasteiger partial charge in [0.25, 0.3) is 0 Å². The highest BCUT2D eigenvalue weighted by atomic mass is 127. The van der Waals surface area contributed by atoms with Gasteiger partial charge < -0.3 is 20.7 Å². The largest absolute Gasteiger partial charge is 0.378 e. The molecule has 1 fully saturated rings. The molecule has 1 aliphatic rings. The van der Waals surface area contributed by atoms with Crippen molar-refractivity contribution in [3.8, 4) is 0 Å². The zero-order valence-corrected chi connectivity index (χ0v) is 17.3. The van der Waals surface area contributed by atoms with Gasteiger partial charge in [-0.1, -0.05) is 25.1 Å². The smallest absolute Gasteiger partial charge is 0.193 e. The molecular weight excluding hydrogens is 441 g/mol. The van der Waals surface area contributed by atoms with Crippen LogP contribution < -0.4 is 16.0 Å². The summed E-state index contributed by atoms with van der Waals surface area (Å²) in [4.78, 5) is 11.3. The number of rotatable bonds is 5. The van der Waals surface area contributed by atoms with Gasteiger partial charge in [0.1, 0.15) is 5.82 Å². The van der Waals surface area contributed by atoms with Crippen molar-refractivity contribution in [2.24, 2.45) is 10.7 Å². The average Bonchev–Trinajstić information content (AvgIpc) is 2.68. The number of nitrogens with two attached hydrogens (primary N) is 1. The van der Waals surface area contributed by atoms with Crippen molar-refractivity contribution in [2.45, 2.75) is 19.9 Å². The molecule has 0 aliphatic carbocycles. The number of aliphatic imine (C=N–C) groups is 1. The average molecular weight is 467 g/mol. The molecule has 7 heteroatoms. The molecule has 1 saturated heterocycles. The summed E-state index contributed by atoms with van der Waals surface area (Å²) < 4.78 is 5.39. The number of nitrogens with one attached hydrogen (secondary N) is 1. The first-order valence-corrected chi connectivity index (χ1v) is 8.69. The second-order valence-corrected chi connectivity index (χ2v) is 5.96. The van der Waals surface area contributed by atoms with E-state index < -0.39 is 0 Å². The van der Waals surface area contributed by atoms with Crippen LogP contribution in [0.25, 0.3) is 0 Å². The number of benzene rings is 1. The Hall–Kier alpha value is -1.87. The number of nitrogens with zero attached hydrogens (tertiary/aromatic N) is 3. The summed E-state index contributed by atoms with van der Waals surface area (Å²) in [5.74, 6) is 1.36. The Kier molecular flexibility index (Phi) is 8.11. The fourth-order valence-corrected chi connectivity index (χ4v) is 2.70. The fourth-order valence-electron chi connectivity index (χ4n) is 2.70. The standard InChI is InChI=1S/C19H25N5O.HI/c1-2-15-6-8-16(9-7-15)23-19(20)21-14-17-4-3-5-18(22-17)24-10-12-25-13-11-24;/h3-9H,2,10-14H2,1H3,(H3,20,21,23);1H. The highest BCUT2D eigenvalue weighted by Gasteiger charge is 2.12. The van der Waals surface area contributed by atoms with Crippen molar-refractivity contribution in [1.29, 1.82) is 0 Å². The molecule has 3 rings (SSSR count). The number of ether oxygens (including phenoxy) is 1. The van der Waals surface area contributed by atoms with E-state index in [0.29, 0.717) is 12.5 Å². The highest BCUT2D eigenvalue weighted by Crippen LogP contribution is 2.14. The summed E-state index contributed by atoms with van der Waals surface area (Å²) in [6.07, 6.45) is 1.02. The number of aromatic nitrogens is 1. The first-order valence-electron chi connectivity index (χ1n) is 8.69. The van der Waals surface area contributed by atoms with Gasteiger partial charge in [-0.15, -0.1) is 24.0 Å². The molecule has 1 aliphatic heterocycles. The van der Waals surface area contributed by atoms with E-state index in [1.54, 1.807) is 0 Å².